The lowest BCUT2D eigenvalue weighted by molar-refractivity contribution is -0.120. The van der Waals surface area contributed by atoms with Crippen LogP contribution in [0.4, 0.5) is 5.69 Å². The molecular formula is C30H41N3O6S. The number of nitrogens with zero attached hydrogens (tertiary/aromatic N) is 2. The summed E-state index contributed by atoms with van der Waals surface area (Å²) in [6, 6.07) is 11.3. The van der Waals surface area contributed by atoms with Crippen LogP contribution < -0.4 is 10.1 Å². The Labute approximate surface area is 237 Å². The van der Waals surface area contributed by atoms with Crippen LogP contribution >= 0.6 is 0 Å². The van der Waals surface area contributed by atoms with Gasteiger partial charge in [-0.1, -0.05) is 49.9 Å². The van der Waals surface area contributed by atoms with E-state index in [1.54, 1.807) is 54.3 Å². The second kappa shape index (κ2) is 12.7. The lowest BCUT2D eigenvalue weighted by Crippen LogP contribution is -2.50. The van der Waals surface area contributed by atoms with Gasteiger partial charge in [0.05, 0.1) is 35.3 Å². The number of hydrogen-bond donors (Lipinski definition) is 2. The molecule has 0 radical (unpaired) electrons. The molecular weight excluding hydrogens is 530 g/mol. The van der Waals surface area contributed by atoms with Crippen LogP contribution in [0.5, 0.6) is 5.75 Å². The summed E-state index contributed by atoms with van der Waals surface area (Å²) in [7, 11) is -2.29. The van der Waals surface area contributed by atoms with E-state index in [1.807, 2.05) is 13.8 Å². The van der Waals surface area contributed by atoms with Crippen molar-refractivity contribution in [3.05, 3.63) is 53.6 Å². The van der Waals surface area contributed by atoms with Crippen LogP contribution in [-0.2, 0) is 14.8 Å². The molecule has 0 aromatic heterocycles. The SMILES string of the molecule is Cc1ccc(S(=O)(=O)N(C)C[C@@H]2Oc3c(NC(=O)C4CCCCC4)cccc3C(=O)N([C@H](C)CO)C[C@@H]2C)cc1. The van der Waals surface area contributed by atoms with Crippen molar-refractivity contribution in [2.45, 2.75) is 69.9 Å². The monoisotopic (exact) mass is 571 g/mol. The minimum atomic E-state index is -3.80. The maximum atomic E-state index is 13.7. The van der Waals surface area contributed by atoms with E-state index >= 15 is 0 Å². The second-order valence-electron chi connectivity index (χ2n) is 11.2. The minimum Gasteiger partial charge on any atom is -0.486 e. The first-order valence-electron chi connectivity index (χ1n) is 14.1. The molecule has 10 heteroatoms. The largest absolute Gasteiger partial charge is 0.486 e. The molecule has 1 heterocycles. The third-order valence-electron chi connectivity index (χ3n) is 8.09. The predicted octanol–water partition coefficient (Wildman–Crippen LogP) is 4.05. The lowest BCUT2D eigenvalue weighted by Gasteiger charge is -2.38. The van der Waals surface area contributed by atoms with E-state index in [-0.39, 0.29) is 59.6 Å². The number of carbonyl (C=O) groups is 2. The van der Waals surface area contributed by atoms with Crippen LogP contribution in [0.1, 0.15) is 61.9 Å². The molecule has 9 nitrogen and oxygen atoms in total. The minimum absolute atomic E-state index is 0.0251. The fourth-order valence-electron chi connectivity index (χ4n) is 5.40. The average Bonchev–Trinajstić information content (AvgIpc) is 2.95. The van der Waals surface area contributed by atoms with Crippen molar-refractivity contribution >= 4 is 27.5 Å². The molecule has 2 aliphatic rings. The number of benzene rings is 2. The number of hydrogen-bond acceptors (Lipinski definition) is 6. The van der Waals surface area contributed by atoms with E-state index in [2.05, 4.69) is 5.32 Å². The second-order valence-corrected chi connectivity index (χ2v) is 13.3. The highest BCUT2D eigenvalue weighted by Crippen LogP contribution is 2.36. The van der Waals surface area contributed by atoms with Gasteiger partial charge >= 0.3 is 0 Å². The van der Waals surface area contributed by atoms with E-state index < -0.39 is 22.2 Å². The molecule has 2 N–H and O–H groups in total. The summed E-state index contributed by atoms with van der Waals surface area (Å²) in [5.41, 5.74) is 1.62. The molecule has 2 aromatic rings. The highest BCUT2D eigenvalue weighted by atomic mass is 32.2. The molecule has 1 aliphatic carbocycles. The Bertz CT molecular complexity index is 1310. The zero-order chi connectivity index (χ0) is 29.0. The van der Waals surface area contributed by atoms with E-state index in [4.69, 9.17) is 4.74 Å². The molecule has 2 aromatic carbocycles. The van der Waals surface area contributed by atoms with Gasteiger partial charge in [0.25, 0.3) is 5.91 Å². The number of nitrogens with one attached hydrogen (secondary N) is 1. The van der Waals surface area contributed by atoms with Crippen LogP contribution in [0.3, 0.4) is 0 Å². The van der Waals surface area contributed by atoms with E-state index in [1.165, 1.54) is 11.4 Å². The number of aliphatic hydroxyl groups is 1. The summed E-state index contributed by atoms with van der Waals surface area (Å²) in [4.78, 5) is 28.6. The average molecular weight is 572 g/mol. The van der Waals surface area contributed by atoms with Crippen molar-refractivity contribution < 1.29 is 27.9 Å². The standard InChI is InChI=1S/C30H41N3O6S/c1-20-13-15-24(16-14-20)40(37,38)32(4)18-27-21(2)17-33(22(3)19-34)30(36)25-11-8-12-26(28(25)39-27)31-29(35)23-9-6-5-7-10-23/h8,11-16,21-23,27,34H,5-7,9-10,17-19H2,1-4H3,(H,31,35)/t21-,22+,27-/m0/s1. The number of rotatable bonds is 8. The Morgan fingerprint density at radius 3 is 2.48 bits per heavy atom. The fourth-order valence-corrected chi connectivity index (χ4v) is 6.58. The summed E-state index contributed by atoms with van der Waals surface area (Å²) in [5.74, 6) is -0.569. The van der Waals surface area contributed by atoms with Gasteiger partial charge in [-0.05, 0) is 51.0 Å². The first kappa shape index (κ1) is 30.0. The van der Waals surface area contributed by atoms with Crippen molar-refractivity contribution in [3.63, 3.8) is 0 Å². The van der Waals surface area contributed by atoms with Crippen molar-refractivity contribution in [1.82, 2.24) is 9.21 Å². The predicted molar refractivity (Wildman–Crippen MR) is 154 cm³/mol. The summed E-state index contributed by atoms with van der Waals surface area (Å²) in [6.45, 7) is 5.63. The summed E-state index contributed by atoms with van der Waals surface area (Å²) in [5, 5.41) is 12.9. The topological polar surface area (TPSA) is 116 Å². The third kappa shape index (κ3) is 6.50. The Hall–Kier alpha value is -2.95. The number of sulfonamides is 1. The summed E-state index contributed by atoms with van der Waals surface area (Å²) >= 11 is 0. The normalized spacial score (nSPS) is 21.2. The van der Waals surface area contributed by atoms with Gasteiger partial charge in [-0.2, -0.15) is 4.31 Å². The van der Waals surface area contributed by atoms with Crippen LogP contribution in [0, 0.1) is 18.8 Å². The maximum absolute atomic E-state index is 13.7. The number of fused-ring (bicyclic) bond motifs is 1. The maximum Gasteiger partial charge on any atom is 0.258 e. The molecule has 4 rings (SSSR count). The Morgan fingerprint density at radius 1 is 1.15 bits per heavy atom. The highest BCUT2D eigenvalue weighted by Gasteiger charge is 2.36. The van der Waals surface area contributed by atoms with E-state index in [0.29, 0.717) is 5.69 Å². The molecule has 1 saturated carbocycles. The van der Waals surface area contributed by atoms with Gasteiger partial charge < -0.3 is 20.1 Å². The molecule has 0 spiro atoms. The molecule has 0 unspecified atom stereocenters. The smallest absolute Gasteiger partial charge is 0.258 e. The molecule has 2 amide bonds. The molecule has 218 valence electrons. The number of carbonyl (C=O) groups excluding carboxylic acids is 2. The lowest BCUT2D eigenvalue weighted by atomic mass is 9.88. The zero-order valence-corrected chi connectivity index (χ0v) is 24.6. The van der Waals surface area contributed by atoms with Gasteiger partial charge in [-0.15, -0.1) is 0 Å². The number of likely N-dealkylation sites (N-methyl/N-ethyl adjacent to an activating group) is 1. The first-order valence-corrected chi connectivity index (χ1v) is 15.5. The molecule has 0 saturated heterocycles. The summed E-state index contributed by atoms with van der Waals surface area (Å²) < 4.78 is 34.6. The van der Waals surface area contributed by atoms with Gasteiger partial charge in [0.1, 0.15) is 6.10 Å². The number of anilines is 1. The third-order valence-corrected chi connectivity index (χ3v) is 9.93. The van der Waals surface area contributed by atoms with Crippen LogP contribution in [0.2, 0.25) is 0 Å². The molecule has 3 atom stereocenters. The number of para-hydroxylation sites is 1. The van der Waals surface area contributed by atoms with Gasteiger partial charge in [0, 0.05) is 25.4 Å². The highest BCUT2D eigenvalue weighted by molar-refractivity contribution is 7.89. The Kier molecular flexibility index (Phi) is 9.53. The quantitative estimate of drug-likeness (QED) is 0.494. The zero-order valence-electron chi connectivity index (χ0n) is 23.8. The molecule has 1 aliphatic heterocycles. The first-order chi connectivity index (χ1) is 19.0. The van der Waals surface area contributed by atoms with Crippen molar-refractivity contribution in [1.29, 1.82) is 0 Å². The van der Waals surface area contributed by atoms with Crippen LogP contribution in [0.25, 0.3) is 0 Å². The molecule has 0 bridgehead atoms. The summed E-state index contributed by atoms with van der Waals surface area (Å²) in [6.07, 6.45) is 4.15. The number of aliphatic hydroxyl groups excluding tert-OH is 1. The van der Waals surface area contributed by atoms with Crippen molar-refractivity contribution in [3.8, 4) is 5.75 Å². The van der Waals surface area contributed by atoms with Gasteiger partial charge in [0.15, 0.2) is 5.75 Å². The number of amides is 2. The van der Waals surface area contributed by atoms with Crippen LogP contribution in [-0.4, -0.2) is 73.4 Å². The Balaban J connectivity index is 1.69. The van der Waals surface area contributed by atoms with Gasteiger partial charge in [0.2, 0.25) is 15.9 Å². The Morgan fingerprint density at radius 2 is 1.82 bits per heavy atom. The van der Waals surface area contributed by atoms with E-state index in [9.17, 15) is 23.1 Å². The van der Waals surface area contributed by atoms with Crippen LogP contribution in [0.15, 0.2) is 47.4 Å². The number of aryl methyl sites for hydroxylation is 1. The molecule has 40 heavy (non-hydrogen) atoms. The number of ether oxygens (including phenoxy) is 1. The van der Waals surface area contributed by atoms with Crippen molar-refractivity contribution in [2.75, 3.05) is 32.1 Å². The fraction of sp³-hybridized carbons (Fsp3) is 0.533. The van der Waals surface area contributed by atoms with Gasteiger partial charge in [-0.25, -0.2) is 8.42 Å². The van der Waals surface area contributed by atoms with Crippen molar-refractivity contribution in [2.24, 2.45) is 11.8 Å². The van der Waals surface area contributed by atoms with Gasteiger partial charge in [-0.3, -0.25) is 9.59 Å². The molecule has 1 fully saturated rings. The van der Waals surface area contributed by atoms with E-state index in [0.717, 1.165) is 37.7 Å².